The quantitative estimate of drug-likeness (QED) is 0.510. The number of aryl methyl sites for hydroxylation is 1. The number of anilines is 1. The van der Waals surface area contributed by atoms with Crippen molar-refractivity contribution in [1.82, 2.24) is 15.5 Å². The van der Waals surface area contributed by atoms with Gasteiger partial charge in [-0.3, -0.25) is 14.6 Å². The van der Waals surface area contributed by atoms with Crippen LogP contribution in [0.3, 0.4) is 0 Å². The van der Waals surface area contributed by atoms with Crippen LogP contribution in [-0.4, -0.2) is 55.4 Å². The molecule has 0 aromatic heterocycles. The lowest BCUT2D eigenvalue weighted by atomic mass is 10.2. The molecule has 0 spiro atoms. The van der Waals surface area contributed by atoms with Gasteiger partial charge in [-0.15, -0.1) is 0 Å². The van der Waals surface area contributed by atoms with Gasteiger partial charge < -0.3 is 20.9 Å². The summed E-state index contributed by atoms with van der Waals surface area (Å²) in [5.74, 6) is 0.685. The van der Waals surface area contributed by atoms with Crippen molar-refractivity contribution in [2.45, 2.75) is 39.2 Å². The first kappa shape index (κ1) is 21.0. The van der Waals surface area contributed by atoms with E-state index in [4.69, 9.17) is 11.6 Å². The maximum absolute atomic E-state index is 12.1. The molecule has 1 aromatic carbocycles. The molecule has 1 atom stereocenters. The molecule has 3 N–H and O–H groups in total. The highest BCUT2D eigenvalue weighted by atomic mass is 35.5. The van der Waals surface area contributed by atoms with Crippen LogP contribution in [0.25, 0.3) is 0 Å². The molecule has 0 aliphatic carbocycles. The third-order valence-corrected chi connectivity index (χ3v) is 4.76. The number of carbonyl (C=O) groups excluding carboxylic acids is 2. The molecule has 27 heavy (non-hydrogen) atoms. The first-order chi connectivity index (χ1) is 12.9. The zero-order chi connectivity index (χ0) is 19.8. The molecule has 0 bridgehead atoms. The van der Waals surface area contributed by atoms with Crippen molar-refractivity contribution < 1.29 is 9.59 Å². The van der Waals surface area contributed by atoms with E-state index in [-0.39, 0.29) is 24.3 Å². The van der Waals surface area contributed by atoms with Crippen molar-refractivity contribution in [3.05, 3.63) is 28.8 Å². The molecule has 1 aliphatic rings. The number of carbonyl (C=O) groups is 2. The fraction of sp³-hybridized carbons (Fsp3) is 0.526. The fourth-order valence-corrected chi connectivity index (χ4v) is 3.23. The van der Waals surface area contributed by atoms with Crippen molar-refractivity contribution in [3.63, 3.8) is 0 Å². The van der Waals surface area contributed by atoms with Crippen molar-refractivity contribution in [3.8, 4) is 0 Å². The van der Waals surface area contributed by atoms with Crippen LogP contribution in [0, 0.1) is 6.92 Å². The van der Waals surface area contributed by atoms with Crippen molar-refractivity contribution in [2.75, 3.05) is 32.0 Å². The van der Waals surface area contributed by atoms with Crippen LogP contribution in [0.1, 0.15) is 31.7 Å². The summed E-state index contributed by atoms with van der Waals surface area (Å²) in [6.45, 7) is 5.71. The summed E-state index contributed by atoms with van der Waals surface area (Å²) in [4.78, 5) is 29.9. The minimum atomic E-state index is -0.121. The molecule has 1 fully saturated rings. The second-order valence-corrected chi connectivity index (χ2v) is 7.01. The highest BCUT2D eigenvalue weighted by molar-refractivity contribution is 6.33. The van der Waals surface area contributed by atoms with E-state index >= 15 is 0 Å². The van der Waals surface area contributed by atoms with Crippen LogP contribution in [0.15, 0.2) is 23.2 Å². The van der Waals surface area contributed by atoms with Crippen molar-refractivity contribution >= 4 is 35.1 Å². The zero-order valence-corrected chi connectivity index (χ0v) is 16.9. The highest BCUT2D eigenvalue weighted by Crippen LogP contribution is 2.22. The molecule has 7 nitrogen and oxygen atoms in total. The Morgan fingerprint density at radius 1 is 1.37 bits per heavy atom. The molecule has 1 aromatic rings. The normalized spacial score (nSPS) is 17.0. The molecular formula is C19H28ClN5O2. The number of aliphatic imine (C=N–C) groups is 1. The van der Waals surface area contributed by atoms with Gasteiger partial charge in [-0.1, -0.05) is 24.6 Å². The summed E-state index contributed by atoms with van der Waals surface area (Å²) >= 11 is 6.13. The number of benzene rings is 1. The highest BCUT2D eigenvalue weighted by Gasteiger charge is 2.25. The van der Waals surface area contributed by atoms with Crippen LogP contribution in [-0.2, 0) is 9.59 Å². The second kappa shape index (κ2) is 10.2. The summed E-state index contributed by atoms with van der Waals surface area (Å²) in [6.07, 6.45) is 1.70. The number of amides is 2. The van der Waals surface area contributed by atoms with Gasteiger partial charge in [0.25, 0.3) is 0 Å². The maximum Gasteiger partial charge on any atom is 0.226 e. The molecule has 1 heterocycles. The van der Waals surface area contributed by atoms with Crippen molar-refractivity contribution in [2.24, 2.45) is 4.99 Å². The van der Waals surface area contributed by atoms with Crippen LogP contribution >= 0.6 is 11.6 Å². The van der Waals surface area contributed by atoms with Crippen LogP contribution in [0.5, 0.6) is 0 Å². The number of rotatable bonds is 6. The molecule has 8 heteroatoms. The van der Waals surface area contributed by atoms with Gasteiger partial charge in [0.15, 0.2) is 5.96 Å². The van der Waals surface area contributed by atoms with Crippen LogP contribution < -0.4 is 16.0 Å². The van der Waals surface area contributed by atoms with E-state index in [9.17, 15) is 9.59 Å². The van der Waals surface area contributed by atoms with E-state index in [0.717, 1.165) is 18.5 Å². The lowest BCUT2D eigenvalue weighted by Gasteiger charge is -2.18. The second-order valence-electron chi connectivity index (χ2n) is 6.60. The van der Waals surface area contributed by atoms with Gasteiger partial charge in [0.2, 0.25) is 11.8 Å². The number of nitrogens with one attached hydrogen (secondary N) is 3. The van der Waals surface area contributed by atoms with E-state index < -0.39 is 0 Å². The Hall–Kier alpha value is -2.28. The summed E-state index contributed by atoms with van der Waals surface area (Å²) in [5, 5.41) is 9.78. The molecule has 2 amide bonds. The molecule has 2 rings (SSSR count). The third-order valence-electron chi connectivity index (χ3n) is 4.45. The average Bonchev–Trinajstić information content (AvgIpc) is 3.11. The first-order valence-electron chi connectivity index (χ1n) is 9.24. The van der Waals surface area contributed by atoms with Crippen LogP contribution in [0.2, 0.25) is 5.02 Å². The Morgan fingerprint density at radius 2 is 2.15 bits per heavy atom. The average molecular weight is 394 g/mol. The monoisotopic (exact) mass is 393 g/mol. The predicted molar refractivity (Wildman–Crippen MR) is 109 cm³/mol. The largest absolute Gasteiger partial charge is 0.356 e. The number of halogens is 1. The Labute approximate surface area is 165 Å². The molecule has 148 valence electrons. The first-order valence-corrected chi connectivity index (χ1v) is 9.61. The standard InChI is InChI=1S/C19H28ClN5O2/c1-4-18(27)25-10-8-14(12-25)23-19(21-3)22-9-7-17(26)24-16-6-5-13(2)11-15(16)20/h5-6,11,14H,4,7-10,12H2,1-3H3,(H,24,26)(H2,21,22,23). The maximum atomic E-state index is 12.1. The van der Waals surface area contributed by atoms with Gasteiger partial charge in [0, 0.05) is 45.6 Å². The Bertz CT molecular complexity index is 707. The van der Waals surface area contributed by atoms with Gasteiger partial charge in [0.1, 0.15) is 0 Å². The molecule has 1 unspecified atom stereocenters. The number of hydrogen-bond donors (Lipinski definition) is 3. The minimum Gasteiger partial charge on any atom is -0.356 e. The Morgan fingerprint density at radius 3 is 2.81 bits per heavy atom. The van der Waals surface area contributed by atoms with Gasteiger partial charge in [-0.05, 0) is 31.0 Å². The van der Waals surface area contributed by atoms with E-state index in [2.05, 4.69) is 20.9 Å². The van der Waals surface area contributed by atoms with Gasteiger partial charge in [-0.2, -0.15) is 0 Å². The summed E-state index contributed by atoms with van der Waals surface area (Å²) in [6, 6.07) is 5.69. The summed E-state index contributed by atoms with van der Waals surface area (Å²) in [7, 11) is 1.69. The summed E-state index contributed by atoms with van der Waals surface area (Å²) < 4.78 is 0. The number of guanidine groups is 1. The lowest BCUT2D eigenvalue weighted by molar-refractivity contribution is -0.129. The molecule has 0 saturated carbocycles. The van der Waals surface area contributed by atoms with Gasteiger partial charge in [-0.25, -0.2) is 0 Å². The molecule has 0 radical (unpaired) electrons. The smallest absolute Gasteiger partial charge is 0.226 e. The molecular weight excluding hydrogens is 366 g/mol. The van der Waals surface area contributed by atoms with E-state index in [1.54, 1.807) is 13.1 Å². The lowest BCUT2D eigenvalue weighted by Crippen LogP contribution is -2.45. The van der Waals surface area contributed by atoms with Gasteiger partial charge in [0.05, 0.1) is 10.7 Å². The van der Waals surface area contributed by atoms with E-state index in [0.29, 0.717) is 36.2 Å². The summed E-state index contributed by atoms with van der Waals surface area (Å²) in [5.41, 5.74) is 1.65. The minimum absolute atomic E-state index is 0.121. The van der Waals surface area contributed by atoms with E-state index in [1.165, 1.54) is 0 Å². The molecule has 1 aliphatic heterocycles. The number of nitrogens with zero attached hydrogens (tertiary/aromatic N) is 2. The fourth-order valence-electron chi connectivity index (χ4n) is 2.94. The van der Waals surface area contributed by atoms with Crippen molar-refractivity contribution in [1.29, 1.82) is 0 Å². The molecule has 1 saturated heterocycles. The van der Waals surface area contributed by atoms with Gasteiger partial charge >= 0.3 is 0 Å². The zero-order valence-electron chi connectivity index (χ0n) is 16.1. The predicted octanol–water partition coefficient (Wildman–Crippen LogP) is 2.15. The van der Waals surface area contributed by atoms with Crippen LogP contribution in [0.4, 0.5) is 5.69 Å². The third kappa shape index (κ3) is 6.43. The topological polar surface area (TPSA) is 85.8 Å². The Kier molecular flexibility index (Phi) is 7.91. The SMILES string of the molecule is CCC(=O)N1CCC(NC(=NC)NCCC(=O)Nc2ccc(C)cc2Cl)C1. The van der Waals surface area contributed by atoms with E-state index in [1.807, 2.05) is 30.9 Å². The number of likely N-dealkylation sites (tertiary alicyclic amines) is 1. The number of hydrogen-bond acceptors (Lipinski definition) is 3. The Balaban J connectivity index is 1.73.